The third-order valence-electron chi connectivity index (χ3n) is 4.41. The lowest BCUT2D eigenvalue weighted by Gasteiger charge is -2.10. The Balaban J connectivity index is 1.56. The monoisotopic (exact) mass is 370 g/mol. The minimum absolute atomic E-state index is 0.129. The molecule has 0 aliphatic rings. The van der Waals surface area contributed by atoms with Gasteiger partial charge in [0, 0.05) is 17.7 Å². The Morgan fingerprint density at radius 3 is 2.68 bits per heavy atom. The first-order valence-corrected chi connectivity index (χ1v) is 9.20. The molecule has 1 N–H and O–H groups in total. The molecule has 0 saturated carbocycles. The normalized spacial score (nSPS) is 10.1. The van der Waals surface area contributed by atoms with E-state index in [4.69, 9.17) is 10.00 Å². The highest BCUT2D eigenvalue weighted by Gasteiger charge is 2.08. The largest absolute Gasteiger partial charge is 0.489 e. The smallest absolute Gasteiger partial charge is 0.251 e. The number of hydrogen-bond donors (Lipinski definition) is 1. The Morgan fingerprint density at radius 2 is 1.86 bits per heavy atom. The predicted molar refractivity (Wildman–Crippen MR) is 109 cm³/mol. The van der Waals surface area contributed by atoms with Crippen LogP contribution in [0.15, 0.2) is 72.8 Å². The zero-order chi connectivity index (χ0) is 19.8. The predicted octanol–water partition coefficient (Wildman–Crippen LogP) is 4.42. The molecule has 0 fully saturated rings. The molecule has 0 radical (unpaired) electrons. The molecule has 140 valence electrons. The van der Waals surface area contributed by atoms with E-state index in [1.807, 2.05) is 24.3 Å². The van der Waals surface area contributed by atoms with Gasteiger partial charge in [0.25, 0.3) is 5.91 Å². The van der Waals surface area contributed by atoms with E-state index in [0.29, 0.717) is 23.4 Å². The molecule has 0 bridgehead atoms. The van der Waals surface area contributed by atoms with Crippen LogP contribution in [0.4, 0.5) is 0 Å². The Labute approximate surface area is 165 Å². The molecule has 0 aromatic heterocycles. The average Bonchev–Trinajstić information content (AvgIpc) is 2.72. The van der Waals surface area contributed by atoms with Crippen molar-refractivity contribution in [1.29, 1.82) is 5.26 Å². The average molecular weight is 370 g/mol. The van der Waals surface area contributed by atoms with Crippen LogP contribution in [-0.4, -0.2) is 12.5 Å². The van der Waals surface area contributed by atoms with Crippen molar-refractivity contribution in [1.82, 2.24) is 5.32 Å². The fourth-order valence-corrected chi connectivity index (χ4v) is 2.93. The Kier molecular flexibility index (Phi) is 6.43. The summed E-state index contributed by atoms with van der Waals surface area (Å²) in [6.45, 7) is 2.91. The zero-order valence-corrected chi connectivity index (χ0v) is 15.8. The van der Waals surface area contributed by atoms with Crippen LogP contribution in [0.5, 0.6) is 5.75 Å². The van der Waals surface area contributed by atoms with Gasteiger partial charge in [-0.15, -0.1) is 0 Å². The molecule has 28 heavy (non-hydrogen) atoms. The fourth-order valence-electron chi connectivity index (χ4n) is 2.93. The number of nitrogens with zero attached hydrogens (tertiary/aromatic N) is 1. The molecule has 0 unspecified atom stereocenters. The summed E-state index contributed by atoms with van der Waals surface area (Å²) in [5.74, 6) is 0.467. The van der Waals surface area contributed by atoms with Gasteiger partial charge in [-0.25, -0.2) is 0 Å². The minimum atomic E-state index is -0.129. The molecule has 1 amide bonds. The highest BCUT2D eigenvalue weighted by atomic mass is 16.5. The summed E-state index contributed by atoms with van der Waals surface area (Å²) in [7, 11) is 0. The van der Waals surface area contributed by atoms with Crippen molar-refractivity contribution < 1.29 is 9.53 Å². The Morgan fingerprint density at radius 1 is 1.04 bits per heavy atom. The van der Waals surface area contributed by atoms with Crippen molar-refractivity contribution in [3.8, 4) is 11.8 Å². The van der Waals surface area contributed by atoms with Crippen molar-refractivity contribution in [3.05, 3.63) is 101 Å². The first-order chi connectivity index (χ1) is 13.7. The summed E-state index contributed by atoms with van der Waals surface area (Å²) in [4.78, 5) is 12.4. The van der Waals surface area contributed by atoms with Crippen molar-refractivity contribution in [2.24, 2.45) is 0 Å². The van der Waals surface area contributed by atoms with E-state index in [-0.39, 0.29) is 12.5 Å². The van der Waals surface area contributed by atoms with E-state index in [2.05, 4.69) is 36.5 Å². The second kappa shape index (κ2) is 9.38. The summed E-state index contributed by atoms with van der Waals surface area (Å²) in [5, 5.41) is 12.1. The van der Waals surface area contributed by atoms with Gasteiger partial charge < -0.3 is 10.1 Å². The lowest BCUT2D eigenvalue weighted by molar-refractivity contribution is 0.0953. The molecular weight excluding hydrogens is 348 g/mol. The number of rotatable bonds is 7. The summed E-state index contributed by atoms with van der Waals surface area (Å²) in [6, 6.07) is 24.8. The number of ether oxygens (including phenoxy) is 1. The summed E-state index contributed by atoms with van der Waals surface area (Å²) >= 11 is 0. The number of nitrogens with one attached hydrogen (secondary N) is 1. The van der Waals surface area contributed by atoms with E-state index in [1.54, 1.807) is 30.3 Å². The van der Waals surface area contributed by atoms with E-state index >= 15 is 0 Å². The summed E-state index contributed by atoms with van der Waals surface area (Å²) in [6.07, 6.45) is 0.786. The van der Waals surface area contributed by atoms with E-state index < -0.39 is 0 Å². The second-order valence-corrected chi connectivity index (χ2v) is 6.58. The van der Waals surface area contributed by atoms with Gasteiger partial charge in [0.15, 0.2) is 0 Å². The van der Waals surface area contributed by atoms with Crippen LogP contribution < -0.4 is 10.1 Å². The van der Waals surface area contributed by atoms with Crippen molar-refractivity contribution in [3.63, 3.8) is 0 Å². The number of nitriles is 1. The van der Waals surface area contributed by atoms with Gasteiger partial charge in [-0.2, -0.15) is 5.26 Å². The first kappa shape index (κ1) is 19.2. The van der Waals surface area contributed by atoms with Crippen LogP contribution in [0, 0.1) is 18.3 Å². The summed E-state index contributed by atoms with van der Waals surface area (Å²) in [5.41, 5.74) is 4.38. The number of carbonyl (C=O) groups is 1. The van der Waals surface area contributed by atoms with Gasteiger partial charge in [0.2, 0.25) is 0 Å². The number of carbonyl (C=O) groups excluding carboxylic acids is 1. The summed E-state index contributed by atoms with van der Waals surface area (Å²) < 4.78 is 5.78. The molecule has 0 aliphatic heterocycles. The SMILES string of the molecule is Cc1cccc(CCNC(=O)c2cccc(OCc3ccccc3C#N)c2)c1. The molecule has 3 rings (SSSR count). The molecule has 0 heterocycles. The quantitative estimate of drug-likeness (QED) is 0.670. The molecule has 4 nitrogen and oxygen atoms in total. The van der Waals surface area contributed by atoms with Crippen LogP contribution in [-0.2, 0) is 13.0 Å². The van der Waals surface area contributed by atoms with Gasteiger partial charge >= 0.3 is 0 Å². The molecule has 0 spiro atoms. The van der Waals surface area contributed by atoms with E-state index in [1.165, 1.54) is 11.1 Å². The van der Waals surface area contributed by atoms with Gasteiger partial charge in [0.1, 0.15) is 12.4 Å². The molecule has 4 heteroatoms. The molecule has 0 saturated heterocycles. The van der Waals surface area contributed by atoms with E-state index in [0.717, 1.165) is 12.0 Å². The highest BCUT2D eigenvalue weighted by molar-refractivity contribution is 5.94. The zero-order valence-electron chi connectivity index (χ0n) is 15.8. The van der Waals surface area contributed by atoms with Crippen molar-refractivity contribution in [2.75, 3.05) is 6.54 Å². The Hall–Kier alpha value is -3.58. The Bertz CT molecular complexity index is 1010. The molecule has 0 atom stereocenters. The first-order valence-electron chi connectivity index (χ1n) is 9.20. The highest BCUT2D eigenvalue weighted by Crippen LogP contribution is 2.17. The number of hydrogen-bond acceptors (Lipinski definition) is 3. The van der Waals surface area contributed by atoms with Gasteiger partial charge in [-0.3, -0.25) is 4.79 Å². The minimum Gasteiger partial charge on any atom is -0.489 e. The van der Waals surface area contributed by atoms with Gasteiger partial charge in [-0.1, -0.05) is 54.1 Å². The van der Waals surface area contributed by atoms with Crippen LogP contribution in [0.2, 0.25) is 0 Å². The van der Waals surface area contributed by atoms with Gasteiger partial charge in [-0.05, 0) is 43.2 Å². The maximum Gasteiger partial charge on any atom is 0.251 e. The van der Waals surface area contributed by atoms with Crippen molar-refractivity contribution >= 4 is 5.91 Å². The second-order valence-electron chi connectivity index (χ2n) is 6.58. The van der Waals surface area contributed by atoms with Crippen LogP contribution in [0.25, 0.3) is 0 Å². The third-order valence-corrected chi connectivity index (χ3v) is 4.41. The lowest BCUT2D eigenvalue weighted by Crippen LogP contribution is -2.25. The molecular formula is C24H22N2O2. The maximum absolute atomic E-state index is 12.4. The van der Waals surface area contributed by atoms with Crippen molar-refractivity contribution in [2.45, 2.75) is 20.0 Å². The van der Waals surface area contributed by atoms with Crippen LogP contribution in [0.1, 0.15) is 32.6 Å². The topological polar surface area (TPSA) is 62.1 Å². The third kappa shape index (κ3) is 5.21. The number of benzene rings is 3. The molecule has 3 aromatic carbocycles. The van der Waals surface area contributed by atoms with Crippen LogP contribution in [0.3, 0.4) is 0 Å². The molecule has 3 aromatic rings. The number of amides is 1. The van der Waals surface area contributed by atoms with Crippen LogP contribution >= 0.6 is 0 Å². The maximum atomic E-state index is 12.4. The van der Waals surface area contributed by atoms with Gasteiger partial charge in [0.05, 0.1) is 11.6 Å². The standard InChI is InChI=1S/C24H22N2O2/c1-18-6-4-7-19(14-18)12-13-26-24(27)20-10-5-11-23(15-20)28-17-22-9-3-2-8-21(22)16-25/h2-11,14-15H,12-13,17H2,1H3,(H,26,27). The fraction of sp³-hybridized carbons (Fsp3) is 0.167. The van der Waals surface area contributed by atoms with E-state index in [9.17, 15) is 4.79 Å². The molecule has 0 aliphatic carbocycles. The number of aryl methyl sites for hydroxylation is 1. The lowest BCUT2D eigenvalue weighted by atomic mass is 10.1.